The van der Waals surface area contributed by atoms with E-state index in [9.17, 15) is 4.79 Å². The van der Waals surface area contributed by atoms with Crippen LogP contribution in [-0.2, 0) is 11.3 Å². The molecule has 4 nitrogen and oxygen atoms in total. The van der Waals surface area contributed by atoms with Gasteiger partial charge in [-0.25, -0.2) is 4.79 Å². The molecule has 0 radical (unpaired) electrons. The molecule has 1 heterocycles. The molecule has 1 rings (SSSR count). The SMILES string of the molecule is CCn1cc(C#N)c(Cl)c1C(=O)OC. The lowest BCUT2D eigenvalue weighted by atomic mass is 10.3. The van der Waals surface area contributed by atoms with Crippen molar-refractivity contribution in [3.05, 3.63) is 22.5 Å². The fourth-order valence-electron chi connectivity index (χ4n) is 1.16. The summed E-state index contributed by atoms with van der Waals surface area (Å²) < 4.78 is 6.15. The van der Waals surface area contributed by atoms with Gasteiger partial charge in [0.1, 0.15) is 11.8 Å². The Bertz CT molecular complexity index is 404. The van der Waals surface area contributed by atoms with Crippen LogP contribution >= 0.6 is 11.6 Å². The Hall–Kier alpha value is -1.47. The topological polar surface area (TPSA) is 55.0 Å². The van der Waals surface area contributed by atoms with Crippen molar-refractivity contribution in [1.29, 1.82) is 5.26 Å². The van der Waals surface area contributed by atoms with Crippen LogP contribution in [0.25, 0.3) is 0 Å². The zero-order valence-corrected chi connectivity index (χ0v) is 8.63. The monoisotopic (exact) mass is 212 g/mol. The number of nitrogens with zero attached hydrogens (tertiary/aromatic N) is 2. The number of halogens is 1. The second-order valence-electron chi connectivity index (χ2n) is 2.59. The minimum absolute atomic E-state index is 0.154. The summed E-state index contributed by atoms with van der Waals surface area (Å²) >= 11 is 5.84. The molecule has 5 heteroatoms. The maximum Gasteiger partial charge on any atom is 0.356 e. The van der Waals surface area contributed by atoms with Crippen LogP contribution in [0.2, 0.25) is 5.02 Å². The van der Waals surface area contributed by atoms with Crippen molar-refractivity contribution in [2.24, 2.45) is 0 Å². The summed E-state index contributed by atoms with van der Waals surface area (Å²) in [5.41, 5.74) is 0.516. The standard InChI is InChI=1S/C9H9ClN2O2/c1-3-12-5-6(4-11)7(10)8(12)9(13)14-2/h5H,3H2,1-2H3. The number of ether oxygens (including phenoxy) is 1. The van der Waals surface area contributed by atoms with Crippen molar-refractivity contribution >= 4 is 17.6 Å². The van der Waals surface area contributed by atoms with Crippen molar-refractivity contribution in [2.45, 2.75) is 13.5 Å². The molecule has 0 saturated carbocycles. The smallest absolute Gasteiger partial charge is 0.356 e. The first kappa shape index (κ1) is 10.6. The van der Waals surface area contributed by atoms with Crippen LogP contribution in [0, 0.1) is 11.3 Å². The van der Waals surface area contributed by atoms with Gasteiger partial charge in [-0.2, -0.15) is 5.26 Å². The van der Waals surface area contributed by atoms with E-state index in [1.54, 1.807) is 4.57 Å². The summed E-state index contributed by atoms with van der Waals surface area (Å²) in [6.07, 6.45) is 1.54. The zero-order valence-electron chi connectivity index (χ0n) is 7.87. The van der Waals surface area contributed by atoms with Crippen molar-refractivity contribution in [1.82, 2.24) is 4.57 Å². The van der Waals surface area contributed by atoms with Crippen LogP contribution in [0.5, 0.6) is 0 Å². The molecule has 0 fully saturated rings. The quantitative estimate of drug-likeness (QED) is 0.703. The number of nitriles is 1. The Morgan fingerprint density at radius 3 is 2.86 bits per heavy atom. The molecule has 0 spiro atoms. The van der Waals surface area contributed by atoms with Crippen molar-refractivity contribution in [3.63, 3.8) is 0 Å². The van der Waals surface area contributed by atoms with Crippen molar-refractivity contribution in [3.8, 4) is 6.07 Å². The van der Waals surface area contributed by atoms with E-state index >= 15 is 0 Å². The molecule has 0 atom stereocenters. The highest BCUT2D eigenvalue weighted by molar-refractivity contribution is 6.34. The van der Waals surface area contributed by atoms with Gasteiger partial charge >= 0.3 is 5.97 Å². The number of rotatable bonds is 2. The highest BCUT2D eigenvalue weighted by Crippen LogP contribution is 2.23. The molecular formula is C9H9ClN2O2. The molecular weight excluding hydrogens is 204 g/mol. The van der Waals surface area contributed by atoms with E-state index in [2.05, 4.69) is 4.74 Å². The molecule has 1 aromatic heterocycles. The number of aromatic nitrogens is 1. The lowest BCUT2D eigenvalue weighted by Gasteiger charge is -2.03. The summed E-state index contributed by atoms with van der Waals surface area (Å²) in [7, 11) is 1.28. The number of methoxy groups -OCH3 is 1. The van der Waals surface area contributed by atoms with Crippen LogP contribution in [-0.4, -0.2) is 17.6 Å². The van der Waals surface area contributed by atoms with Gasteiger partial charge in [-0.15, -0.1) is 0 Å². The molecule has 14 heavy (non-hydrogen) atoms. The Morgan fingerprint density at radius 1 is 1.79 bits per heavy atom. The fraction of sp³-hybridized carbons (Fsp3) is 0.333. The number of esters is 1. The molecule has 0 aliphatic heterocycles. The van der Waals surface area contributed by atoms with Crippen LogP contribution in [0.3, 0.4) is 0 Å². The first-order valence-corrected chi connectivity index (χ1v) is 4.40. The van der Waals surface area contributed by atoms with Gasteiger partial charge in [-0.05, 0) is 6.92 Å². The third-order valence-corrected chi connectivity index (χ3v) is 2.24. The Kier molecular flexibility index (Phi) is 3.15. The van der Waals surface area contributed by atoms with E-state index in [-0.39, 0.29) is 16.3 Å². The minimum Gasteiger partial charge on any atom is -0.464 e. The summed E-state index contributed by atoms with van der Waals surface area (Å²) in [4.78, 5) is 11.3. The normalized spacial score (nSPS) is 9.57. The van der Waals surface area contributed by atoms with Crippen LogP contribution in [0.1, 0.15) is 23.0 Å². The van der Waals surface area contributed by atoms with Gasteiger partial charge in [-0.3, -0.25) is 0 Å². The van der Waals surface area contributed by atoms with E-state index in [4.69, 9.17) is 16.9 Å². The molecule has 0 aromatic carbocycles. The van der Waals surface area contributed by atoms with E-state index in [0.717, 1.165) is 0 Å². The molecule has 0 bridgehead atoms. The number of aryl methyl sites for hydroxylation is 1. The number of carbonyl (C=O) groups is 1. The van der Waals surface area contributed by atoms with Gasteiger partial charge in [0.15, 0.2) is 0 Å². The predicted octanol–water partition coefficient (Wildman–Crippen LogP) is 1.82. The summed E-state index contributed by atoms with van der Waals surface area (Å²) in [6, 6.07) is 1.91. The lowest BCUT2D eigenvalue weighted by Crippen LogP contribution is -2.09. The van der Waals surface area contributed by atoms with Crippen molar-refractivity contribution < 1.29 is 9.53 Å². The summed E-state index contributed by atoms with van der Waals surface area (Å²) in [6.45, 7) is 2.41. The fourth-order valence-corrected chi connectivity index (χ4v) is 1.44. The molecule has 0 unspecified atom stereocenters. The first-order chi connectivity index (χ1) is 6.65. The third-order valence-electron chi connectivity index (χ3n) is 1.86. The molecule has 0 aliphatic rings. The number of hydrogen-bond acceptors (Lipinski definition) is 3. The molecule has 0 aliphatic carbocycles. The molecule has 0 amide bonds. The maximum atomic E-state index is 11.3. The average Bonchev–Trinajstić information content (AvgIpc) is 2.53. The van der Waals surface area contributed by atoms with E-state index in [0.29, 0.717) is 6.54 Å². The molecule has 0 saturated heterocycles. The third kappa shape index (κ3) is 1.59. The van der Waals surface area contributed by atoms with Gasteiger partial charge < -0.3 is 9.30 Å². The zero-order chi connectivity index (χ0) is 10.7. The van der Waals surface area contributed by atoms with Crippen molar-refractivity contribution in [2.75, 3.05) is 7.11 Å². The largest absolute Gasteiger partial charge is 0.464 e. The van der Waals surface area contributed by atoms with Crippen LogP contribution in [0.4, 0.5) is 0 Å². The summed E-state index contributed by atoms with van der Waals surface area (Å²) in [5, 5.41) is 8.86. The average molecular weight is 213 g/mol. The molecule has 0 N–H and O–H groups in total. The van der Waals surface area contributed by atoms with Gasteiger partial charge in [0.25, 0.3) is 0 Å². The lowest BCUT2D eigenvalue weighted by molar-refractivity contribution is 0.0589. The predicted molar refractivity (Wildman–Crippen MR) is 51.2 cm³/mol. The van der Waals surface area contributed by atoms with Gasteiger partial charge in [0.05, 0.1) is 17.7 Å². The van der Waals surface area contributed by atoms with Crippen LogP contribution < -0.4 is 0 Å². The maximum absolute atomic E-state index is 11.3. The highest BCUT2D eigenvalue weighted by atomic mass is 35.5. The summed E-state index contributed by atoms with van der Waals surface area (Å²) in [5.74, 6) is -0.529. The van der Waals surface area contributed by atoms with E-state index in [1.807, 2.05) is 13.0 Å². The van der Waals surface area contributed by atoms with Gasteiger partial charge in [0.2, 0.25) is 0 Å². The van der Waals surface area contributed by atoms with Gasteiger partial charge in [0, 0.05) is 12.7 Å². The van der Waals surface area contributed by atoms with E-state index < -0.39 is 5.97 Å². The van der Waals surface area contributed by atoms with Gasteiger partial charge in [-0.1, -0.05) is 11.6 Å². The highest BCUT2D eigenvalue weighted by Gasteiger charge is 2.20. The second kappa shape index (κ2) is 4.16. The van der Waals surface area contributed by atoms with E-state index in [1.165, 1.54) is 13.3 Å². The molecule has 1 aromatic rings. The van der Waals surface area contributed by atoms with Crippen LogP contribution in [0.15, 0.2) is 6.20 Å². The first-order valence-electron chi connectivity index (χ1n) is 4.02. The number of hydrogen-bond donors (Lipinski definition) is 0. The number of carbonyl (C=O) groups excluding carboxylic acids is 1. The Morgan fingerprint density at radius 2 is 2.43 bits per heavy atom. The molecule has 74 valence electrons. The Balaban J connectivity index is 3.33. The minimum atomic E-state index is -0.529. The Labute approximate surface area is 86.6 Å². The second-order valence-corrected chi connectivity index (χ2v) is 2.97.